The quantitative estimate of drug-likeness (QED) is 0.169. The predicted molar refractivity (Wildman–Crippen MR) is 161 cm³/mol. The fourth-order valence-corrected chi connectivity index (χ4v) is 6.49. The van der Waals surface area contributed by atoms with E-state index in [9.17, 15) is 13.9 Å². The minimum Gasteiger partial charge on any atom is -0.468 e. The lowest BCUT2D eigenvalue weighted by Crippen LogP contribution is -2.70. The molecule has 3 aliphatic rings. The SMILES string of the molecule is CCc1c(F)ccc2cc(OCOC)cc(-c3ncc4c(N5CCCC6(C5)OCC6(F)F)nc(OCC5(CO)CC5)nc4c3F)c12. The van der Waals surface area contributed by atoms with Crippen molar-refractivity contribution in [3.05, 3.63) is 47.7 Å². The second-order valence-corrected chi connectivity index (χ2v) is 12.5. The summed E-state index contributed by atoms with van der Waals surface area (Å²) in [6, 6.07) is 6.11. The van der Waals surface area contributed by atoms with Crippen LogP contribution in [0.3, 0.4) is 0 Å². The summed E-state index contributed by atoms with van der Waals surface area (Å²) in [6.45, 7) is 1.35. The maximum Gasteiger partial charge on any atom is 0.319 e. The summed E-state index contributed by atoms with van der Waals surface area (Å²) in [4.78, 5) is 15.1. The molecular formula is C33H34F4N4O5. The maximum atomic E-state index is 16.9. The predicted octanol–water partition coefficient (Wildman–Crippen LogP) is 5.82. The third-order valence-corrected chi connectivity index (χ3v) is 9.49. The van der Waals surface area contributed by atoms with Crippen LogP contribution in [0.1, 0.15) is 38.2 Å². The van der Waals surface area contributed by atoms with E-state index in [0.717, 1.165) is 12.8 Å². The Morgan fingerprint density at radius 3 is 2.59 bits per heavy atom. The summed E-state index contributed by atoms with van der Waals surface area (Å²) in [5.41, 5.74) is -1.64. The highest BCUT2D eigenvalue weighted by atomic mass is 19.3. The van der Waals surface area contributed by atoms with Crippen LogP contribution < -0.4 is 14.4 Å². The van der Waals surface area contributed by atoms with Crippen molar-refractivity contribution in [3.63, 3.8) is 0 Å². The Morgan fingerprint density at radius 1 is 1.09 bits per heavy atom. The minimum atomic E-state index is -3.01. The third-order valence-electron chi connectivity index (χ3n) is 9.49. The van der Waals surface area contributed by atoms with Crippen molar-refractivity contribution in [1.29, 1.82) is 0 Å². The zero-order chi connectivity index (χ0) is 32.3. The van der Waals surface area contributed by atoms with Gasteiger partial charge in [0, 0.05) is 30.8 Å². The van der Waals surface area contributed by atoms with Gasteiger partial charge in [-0.05, 0) is 66.6 Å². The molecule has 13 heteroatoms. The first-order chi connectivity index (χ1) is 22.1. The van der Waals surface area contributed by atoms with Crippen LogP contribution in [0, 0.1) is 17.0 Å². The Kier molecular flexibility index (Phi) is 7.68. The number of methoxy groups -OCH3 is 1. The number of rotatable bonds is 10. The number of piperidine rings is 1. The number of anilines is 1. The van der Waals surface area contributed by atoms with Gasteiger partial charge in [-0.25, -0.2) is 17.6 Å². The number of aliphatic hydroxyl groups excluding tert-OH is 1. The number of halogens is 4. The molecule has 244 valence electrons. The van der Waals surface area contributed by atoms with E-state index in [1.54, 1.807) is 23.1 Å². The summed E-state index contributed by atoms with van der Waals surface area (Å²) in [6.07, 6.45) is 3.86. The van der Waals surface area contributed by atoms with Crippen LogP contribution in [-0.2, 0) is 15.9 Å². The molecule has 2 aliphatic heterocycles. The second kappa shape index (κ2) is 11.5. The molecule has 1 atom stereocenters. The lowest BCUT2D eigenvalue weighted by molar-refractivity contribution is -0.329. The molecule has 4 aromatic rings. The van der Waals surface area contributed by atoms with Crippen LogP contribution in [0.2, 0.25) is 0 Å². The van der Waals surface area contributed by atoms with E-state index < -0.39 is 35.2 Å². The number of hydrogen-bond acceptors (Lipinski definition) is 9. The highest BCUT2D eigenvalue weighted by molar-refractivity contribution is 6.01. The fourth-order valence-electron chi connectivity index (χ4n) is 6.49. The molecule has 0 bridgehead atoms. The van der Waals surface area contributed by atoms with Gasteiger partial charge in [0.1, 0.15) is 35.2 Å². The lowest BCUT2D eigenvalue weighted by atomic mass is 9.82. The molecule has 9 nitrogen and oxygen atoms in total. The molecule has 0 amide bonds. The van der Waals surface area contributed by atoms with Crippen LogP contribution in [0.15, 0.2) is 30.5 Å². The van der Waals surface area contributed by atoms with E-state index in [2.05, 4.69) is 15.0 Å². The van der Waals surface area contributed by atoms with Gasteiger partial charge < -0.3 is 29.0 Å². The Balaban J connectivity index is 1.40. The van der Waals surface area contributed by atoms with Crippen LogP contribution in [0.4, 0.5) is 23.4 Å². The van der Waals surface area contributed by atoms with Crippen molar-refractivity contribution in [3.8, 4) is 23.0 Å². The zero-order valence-electron chi connectivity index (χ0n) is 25.5. The van der Waals surface area contributed by atoms with Crippen molar-refractivity contribution < 1.29 is 41.6 Å². The number of fused-ring (bicyclic) bond motifs is 2. The molecule has 1 aliphatic carbocycles. The van der Waals surface area contributed by atoms with E-state index in [0.29, 0.717) is 47.0 Å². The highest BCUT2D eigenvalue weighted by Crippen LogP contribution is 2.49. The Morgan fingerprint density at radius 2 is 1.91 bits per heavy atom. The van der Waals surface area contributed by atoms with Crippen molar-refractivity contribution in [1.82, 2.24) is 15.0 Å². The Hall–Kier alpha value is -3.81. The first kappa shape index (κ1) is 30.8. The molecule has 2 saturated heterocycles. The average molecular weight is 643 g/mol. The first-order valence-corrected chi connectivity index (χ1v) is 15.4. The van der Waals surface area contributed by atoms with Crippen molar-refractivity contribution in [2.24, 2.45) is 5.41 Å². The Bertz CT molecular complexity index is 1820. The second-order valence-electron chi connectivity index (χ2n) is 12.5. The van der Waals surface area contributed by atoms with E-state index in [4.69, 9.17) is 18.9 Å². The first-order valence-electron chi connectivity index (χ1n) is 15.4. The maximum absolute atomic E-state index is 16.9. The molecule has 4 heterocycles. The van der Waals surface area contributed by atoms with E-state index in [1.807, 2.05) is 6.92 Å². The molecule has 3 fully saturated rings. The zero-order valence-corrected chi connectivity index (χ0v) is 25.5. The number of ether oxygens (including phenoxy) is 4. The molecule has 7 rings (SSSR count). The van der Waals surface area contributed by atoms with Crippen LogP contribution in [0.25, 0.3) is 32.9 Å². The summed E-state index contributed by atoms with van der Waals surface area (Å²) < 4.78 is 83.5. The average Bonchev–Trinajstić information content (AvgIpc) is 3.86. The molecular weight excluding hydrogens is 608 g/mol. The highest BCUT2D eigenvalue weighted by Gasteiger charge is 2.65. The number of hydrogen-bond donors (Lipinski definition) is 1. The Labute approximate surface area is 262 Å². The number of benzene rings is 2. The largest absolute Gasteiger partial charge is 0.468 e. The van der Waals surface area contributed by atoms with Crippen LogP contribution >= 0.6 is 0 Å². The monoisotopic (exact) mass is 642 g/mol. The molecule has 2 aromatic heterocycles. The number of alkyl halides is 2. The standard InChI is InChI=1S/C33H34F4N4O5/c1-3-21-24(34)6-5-19-11-20(45-18-43-2)12-22(25(19)21)27-26(35)28-23(13-38-27)29(40-30(39-28)44-16-31(15-42)8-9-31)41-10-4-7-32(14-41)33(36,37)17-46-32/h5-6,11-13,42H,3-4,7-10,14-18H2,1-2H3. The molecule has 0 radical (unpaired) electrons. The summed E-state index contributed by atoms with van der Waals surface area (Å²) in [5, 5.41) is 11.1. The van der Waals surface area contributed by atoms with E-state index in [-0.39, 0.29) is 61.4 Å². The summed E-state index contributed by atoms with van der Waals surface area (Å²) in [7, 11) is 1.47. The molecule has 2 aromatic carbocycles. The van der Waals surface area contributed by atoms with Crippen molar-refractivity contribution in [2.75, 3.05) is 51.7 Å². The lowest BCUT2D eigenvalue weighted by Gasteiger charge is -2.53. The van der Waals surface area contributed by atoms with Gasteiger partial charge in [0.25, 0.3) is 0 Å². The van der Waals surface area contributed by atoms with Gasteiger partial charge in [-0.3, -0.25) is 4.98 Å². The number of pyridine rings is 1. The van der Waals surface area contributed by atoms with Gasteiger partial charge in [-0.2, -0.15) is 9.97 Å². The van der Waals surface area contributed by atoms with Gasteiger partial charge in [0.15, 0.2) is 18.2 Å². The van der Waals surface area contributed by atoms with Gasteiger partial charge >= 0.3 is 11.9 Å². The normalized spacial score (nSPS) is 21.5. The summed E-state index contributed by atoms with van der Waals surface area (Å²) >= 11 is 0. The van der Waals surface area contributed by atoms with Crippen molar-refractivity contribution >= 4 is 27.5 Å². The van der Waals surface area contributed by atoms with Gasteiger partial charge in [-0.1, -0.05) is 13.0 Å². The smallest absolute Gasteiger partial charge is 0.319 e. The fraction of sp³-hybridized carbons (Fsp3) is 0.485. The van der Waals surface area contributed by atoms with Crippen LogP contribution in [-0.4, -0.2) is 78.4 Å². The van der Waals surface area contributed by atoms with Gasteiger partial charge in [0.05, 0.1) is 25.1 Å². The molecule has 1 spiro atoms. The number of aromatic nitrogens is 3. The van der Waals surface area contributed by atoms with E-state index >= 15 is 8.78 Å². The minimum absolute atomic E-state index is 0.0624. The number of nitrogens with zero attached hydrogens (tertiary/aromatic N) is 4. The summed E-state index contributed by atoms with van der Waals surface area (Å²) in [5.74, 6) is -3.70. The number of aliphatic hydroxyl groups is 1. The number of aryl methyl sites for hydroxylation is 1. The van der Waals surface area contributed by atoms with Gasteiger partial charge in [0.2, 0.25) is 0 Å². The molecule has 1 saturated carbocycles. The molecule has 1 unspecified atom stereocenters. The van der Waals surface area contributed by atoms with Crippen LogP contribution in [0.5, 0.6) is 11.8 Å². The molecule has 46 heavy (non-hydrogen) atoms. The molecule has 1 N–H and O–H groups in total. The topological polar surface area (TPSA) is 99.1 Å². The van der Waals surface area contributed by atoms with E-state index in [1.165, 1.54) is 19.4 Å². The van der Waals surface area contributed by atoms with Gasteiger partial charge in [-0.15, -0.1) is 0 Å². The third kappa shape index (κ3) is 5.08. The van der Waals surface area contributed by atoms with Crippen molar-refractivity contribution in [2.45, 2.75) is 50.6 Å².